The SMILES string of the molecule is CCCCCCCCC(C)NC(C)C(O)c1ccccc1.Cl. The lowest BCUT2D eigenvalue weighted by molar-refractivity contribution is 0.129. The molecule has 0 aliphatic rings. The quantitative estimate of drug-likeness (QED) is 0.543. The van der Waals surface area contributed by atoms with Crippen LogP contribution in [-0.2, 0) is 0 Å². The molecule has 0 fully saturated rings. The summed E-state index contributed by atoms with van der Waals surface area (Å²) in [5.41, 5.74) is 0.990. The van der Waals surface area contributed by atoms with Crippen molar-refractivity contribution in [3.05, 3.63) is 35.9 Å². The second-order valence-corrected chi connectivity index (χ2v) is 6.27. The lowest BCUT2D eigenvalue weighted by Gasteiger charge is -2.24. The van der Waals surface area contributed by atoms with Gasteiger partial charge in [0, 0.05) is 12.1 Å². The highest BCUT2D eigenvalue weighted by Gasteiger charge is 2.17. The first-order valence-electron chi connectivity index (χ1n) is 8.64. The summed E-state index contributed by atoms with van der Waals surface area (Å²) in [7, 11) is 0. The van der Waals surface area contributed by atoms with Crippen LogP contribution in [0.3, 0.4) is 0 Å². The lowest BCUT2D eigenvalue weighted by Crippen LogP contribution is -2.38. The molecule has 0 heterocycles. The van der Waals surface area contributed by atoms with Crippen molar-refractivity contribution in [1.82, 2.24) is 5.32 Å². The number of nitrogens with one attached hydrogen (secondary N) is 1. The first-order chi connectivity index (χ1) is 10.1. The van der Waals surface area contributed by atoms with Crippen molar-refractivity contribution in [1.29, 1.82) is 0 Å². The van der Waals surface area contributed by atoms with Crippen LogP contribution in [0.2, 0.25) is 0 Å². The van der Waals surface area contributed by atoms with Gasteiger partial charge in [-0.3, -0.25) is 0 Å². The number of aliphatic hydroxyl groups excluding tert-OH is 1. The van der Waals surface area contributed by atoms with Gasteiger partial charge < -0.3 is 10.4 Å². The number of unbranched alkanes of at least 4 members (excludes halogenated alkanes) is 5. The molecule has 2 nitrogen and oxygen atoms in total. The highest BCUT2D eigenvalue weighted by molar-refractivity contribution is 5.85. The van der Waals surface area contributed by atoms with E-state index in [9.17, 15) is 5.11 Å². The first-order valence-corrected chi connectivity index (χ1v) is 8.64. The van der Waals surface area contributed by atoms with E-state index < -0.39 is 6.10 Å². The average molecular weight is 328 g/mol. The highest BCUT2D eigenvalue weighted by Crippen LogP contribution is 2.17. The van der Waals surface area contributed by atoms with Crippen molar-refractivity contribution in [2.45, 2.75) is 83.9 Å². The van der Waals surface area contributed by atoms with Gasteiger partial charge in [0.05, 0.1) is 6.10 Å². The van der Waals surface area contributed by atoms with E-state index in [1.54, 1.807) is 0 Å². The summed E-state index contributed by atoms with van der Waals surface area (Å²) in [5.74, 6) is 0. The minimum atomic E-state index is -0.432. The minimum absolute atomic E-state index is 0. The third kappa shape index (κ3) is 8.77. The van der Waals surface area contributed by atoms with Crippen molar-refractivity contribution in [3.63, 3.8) is 0 Å². The van der Waals surface area contributed by atoms with E-state index in [1.165, 1.54) is 44.9 Å². The van der Waals surface area contributed by atoms with Gasteiger partial charge >= 0.3 is 0 Å². The van der Waals surface area contributed by atoms with E-state index in [2.05, 4.69) is 26.1 Å². The summed E-state index contributed by atoms with van der Waals surface area (Å²) in [6, 6.07) is 10.5. The average Bonchev–Trinajstić information content (AvgIpc) is 2.50. The van der Waals surface area contributed by atoms with Crippen LogP contribution in [0.4, 0.5) is 0 Å². The standard InChI is InChI=1S/C19H33NO.ClH/c1-4-5-6-7-8-10-13-16(2)20-17(3)19(21)18-14-11-9-12-15-18;/h9,11-12,14-17,19-21H,4-8,10,13H2,1-3H3;1H. The van der Waals surface area contributed by atoms with Crippen LogP contribution in [0, 0.1) is 0 Å². The Bertz CT molecular complexity index is 358. The fourth-order valence-electron chi connectivity index (χ4n) is 2.79. The van der Waals surface area contributed by atoms with Crippen LogP contribution >= 0.6 is 12.4 Å². The molecule has 1 aromatic carbocycles. The summed E-state index contributed by atoms with van der Waals surface area (Å²) in [6.07, 6.45) is 8.80. The van der Waals surface area contributed by atoms with Gasteiger partial charge in [0.15, 0.2) is 0 Å². The third-order valence-electron chi connectivity index (χ3n) is 4.15. The fourth-order valence-corrected chi connectivity index (χ4v) is 2.79. The third-order valence-corrected chi connectivity index (χ3v) is 4.15. The number of benzene rings is 1. The van der Waals surface area contributed by atoms with Gasteiger partial charge in [0.2, 0.25) is 0 Å². The highest BCUT2D eigenvalue weighted by atomic mass is 35.5. The Morgan fingerprint density at radius 2 is 1.55 bits per heavy atom. The van der Waals surface area contributed by atoms with Gasteiger partial charge in [-0.2, -0.15) is 0 Å². The molecule has 0 saturated carbocycles. The van der Waals surface area contributed by atoms with E-state index in [1.807, 2.05) is 30.3 Å². The van der Waals surface area contributed by atoms with Crippen LogP contribution in [-0.4, -0.2) is 17.2 Å². The monoisotopic (exact) mass is 327 g/mol. The molecule has 2 N–H and O–H groups in total. The zero-order valence-corrected chi connectivity index (χ0v) is 15.2. The Balaban J connectivity index is 0.00000441. The normalized spacial score (nSPS) is 14.9. The summed E-state index contributed by atoms with van der Waals surface area (Å²) >= 11 is 0. The maximum Gasteiger partial charge on any atom is 0.0940 e. The molecule has 22 heavy (non-hydrogen) atoms. The zero-order valence-electron chi connectivity index (χ0n) is 14.4. The predicted octanol–water partition coefficient (Wildman–Crippen LogP) is 5.26. The molecule has 0 aromatic heterocycles. The number of hydrogen-bond acceptors (Lipinski definition) is 2. The maximum absolute atomic E-state index is 10.3. The van der Waals surface area contributed by atoms with Crippen molar-refractivity contribution in [3.8, 4) is 0 Å². The summed E-state index contributed by atoms with van der Waals surface area (Å²) in [6.45, 7) is 6.54. The summed E-state index contributed by atoms with van der Waals surface area (Å²) in [4.78, 5) is 0. The predicted molar refractivity (Wildman–Crippen MR) is 98.7 cm³/mol. The van der Waals surface area contributed by atoms with Crippen LogP contribution in [0.15, 0.2) is 30.3 Å². The van der Waals surface area contributed by atoms with Crippen LogP contribution < -0.4 is 5.32 Å². The first kappa shape index (κ1) is 21.4. The Kier molecular flexibility index (Phi) is 12.6. The molecular weight excluding hydrogens is 294 g/mol. The topological polar surface area (TPSA) is 32.3 Å². The molecule has 1 aromatic rings. The van der Waals surface area contributed by atoms with Crippen LogP contribution in [0.1, 0.15) is 77.4 Å². The fraction of sp³-hybridized carbons (Fsp3) is 0.684. The molecule has 3 heteroatoms. The molecule has 0 bridgehead atoms. The Morgan fingerprint density at radius 1 is 0.955 bits per heavy atom. The van der Waals surface area contributed by atoms with Gasteiger partial charge in [0.1, 0.15) is 0 Å². The van der Waals surface area contributed by atoms with Crippen molar-refractivity contribution >= 4 is 12.4 Å². The van der Waals surface area contributed by atoms with E-state index in [4.69, 9.17) is 0 Å². The zero-order chi connectivity index (χ0) is 15.5. The summed E-state index contributed by atoms with van der Waals surface area (Å²) in [5, 5.41) is 13.9. The summed E-state index contributed by atoms with van der Waals surface area (Å²) < 4.78 is 0. The van der Waals surface area contributed by atoms with Crippen LogP contribution in [0.5, 0.6) is 0 Å². The molecule has 0 aliphatic carbocycles. The molecule has 3 atom stereocenters. The smallest absolute Gasteiger partial charge is 0.0940 e. The maximum atomic E-state index is 10.3. The Hall–Kier alpha value is -0.570. The van der Waals surface area contributed by atoms with E-state index >= 15 is 0 Å². The van der Waals surface area contributed by atoms with Gasteiger partial charge in [-0.25, -0.2) is 0 Å². The molecule has 3 unspecified atom stereocenters. The van der Waals surface area contributed by atoms with Gasteiger partial charge in [0.25, 0.3) is 0 Å². The second-order valence-electron chi connectivity index (χ2n) is 6.27. The minimum Gasteiger partial charge on any atom is -0.387 e. The molecule has 0 radical (unpaired) electrons. The van der Waals surface area contributed by atoms with Crippen LogP contribution in [0.25, 0.3) is 0 Å². The van der Waals surface area contributed by atoms with E-state index in [-0.39, 0.29) is 18.4 Å². The molecule has 0 spiro atoms. The number of hydrogen-bond donors (Lipinski definition) is 2. The Labute approximate surface area is 143 Å². The van der Waals surface area contributed by atoms with Crippen molar-refractivity contribution in [2.24, 2.45) is 0 Å². The molecule has 0 aliphatic heterocycles. The Morgan fingerprint density at radius 3 is 2.18 bits per heavy atom. The number of halogens is 1. The van der Waals surface area contributed by atoms with Crippen molar-refractivity contribution < 1.29 is 5.11 Å². The van der Waals surface area contributed by atoms with E-state index in [0.717, 1.165) is 5.56 Å². The van der Waals surface area contributed by atoms with Crippen molar-refractivity contribution in [2.75, 3.05) is 0 Å². The molecule has 0 saturated heterocycles. The van der Waals surface area contributed by atoms with Gasteiger partial charge in [-0.15, -0.1) is 12.4 Å². The lowest BCUT2D eigenvalue weighted by atomic mass is 10.0. The molecule has 1 rings (SSSR count). The number of aliphatic hydroxyl groups is 1. The number of rotatable bonds is 11. The largest absolute Gasteiger partial charge is 0.387 e. The molecule has 0 amide bonds. The molecular formula is C19H34ClNO. The van der Waals surface area contributed by atoms with E-state index in [0.29, 0.717) is 6.04 Å². The second kappa shape index (κ2) is 12.9. The van der Waals surface area contributed by atoms with Gasteiger partial charge in [-0.1, -0.05) is 75.8 Å². The van der Waals surface area contributed by atoms with Gasteiger partial charge in [-0.05, 0) is 25.8 Å². The molecule has 128 valence electrons.